The lowest BCUT2D eigenvalue weighted by molar-refractivity contribution is 0.477. The van der Waals surface area contributed by atoms with Crippen LogP contribution in [0.1, 0.15) is 0 Å². The molecule has 0 fully saturated rings. The number of hydrogen-bond acceptors (Lipinski definition) is 2. The number of nitrogens with zero attached hydrogens (tertiary/aromatic N) is 2. The molecule has 2 aromatic heterocycles. The zero-order valence-electron chi connectivity index (χ0n) is 14.0. The summed E-state index contributed by atoms with van der Waals surface area (Å²) in [7, 11) is 0. The van der Waals surface area contributed by atoms with Crippen molar-refractivity contribution in [3.63, 3.8) is 0 Å². The number of rotatable bonds is 2. The Morgan fingerprint density at radius 1 is 0.731 bits per heavy atom. The molecule has 3 aromatic carbocycles. The Balaban J connectivity index is 1.88. The number of aromatic nitrogens is 2. The average molecular weight is 336 g/mol. The smallest absolute Gasteiger partial charge is 0.125 e. The second-order valence-electron chi connectivity index (χ2n) is 6.33. The summed E-state index contributed by atoms with van der Waals surface area (Å²) < 4.78 is 1.97. The fraction of sp³-hybridized carbons (Fsp3) is 0. The number of benzene rings is 3. The zero-order valence-corrected chi connectivity index (χ0v) is 14.0. The van der Waals surface area contributed by atoms with Crippen molar-refractivity contribution >= 4 is 16.3 Å². The molecule has 3 heteroatoms. The Kier molecular flexibility index (Phi) is 3.25. The lowest BCUT2D eigenvalue weighted by Crippen LogP contribution is -1.95. The predicted octanol–water partition coefficient (Wildman–Crippen LogP) is 5.53. The van der Waals surface area contributed by atoms with E-state index in [2.05, 4.69) is 30.3 Å². The Morgan fingerprint density at radius 2 is 1.46 bits per heavy atom. The zero-order chi connectivity index (χ0) is 17.5. The van der Waals surface area contributed by atoms with E-state index in [9.17, 15) is 5.11 Å². The highest BCUT2D eigenvalue weighted by molar-refractivity contribution is 5.99. The summed E-state index contributed by atoms with van der Waals surface area (Å²) in [5, 5.41) is 17.4. The molecule has 0 amide bonds. The van der Waals surface area contributed by atoms with Crippen molar-refractivity contribution in [3.8, 4) is 28.3 Å². The van der Waals surface area contributed by atoms with E-state index in [1.165, 1.54) is 5.39 Å². The minimum absolute atomic E-state index is 0.237. The molecule has 0 radical (unpaired) electrons. The molecule has 3 nitrogen and oxygen atoms in total. The summed E-state index contributed by atoms with van der Waals surface area (Å²) in [5.74, 6) is 0.237. The average Bonchev–Trinajstić information content (AvgIpc) is 3.14. The summed E-state index contributed by atoms with van der Waals surface area (Å²) in [6.45, 7) is 0. The molecule has 0 aliphatic heterocycles. The molecule has 0 aliphatic carbocycles. The van der Waals surface area contributed by atoms with Gasteiger partial charge in [-0.3, -0.25) is 0 Å². The van der Waals surface area contributed by atoms with Crippen LogP contribution in [0, 0.1) is 0 Å². The third-order valence-electron chi connectivity index (χ3n) is 4.72. The van der Waals surface area contributed by atoms with Crippen LogP contribution in [0.15, 0.2) is 91.0 Å². The number of phenolic OH excluding ortho intramolecular Hbond substituents is 1. The van der Waals surface area contributed by atoms with Crippen LogP contribution in [-0.2, 0) is 0 Å². The third kappa shape index (κ3) is 2.25. The molecule has 0 bridgehead atoms. The highest BCUT2D eigenvalue weighted by Gasteiger charge is 2.14. The van der Waals surface area contributed by atoms with Crippen molar-refractivity contribution in [3.05, 3.63) is 91.0 Å². The number of phenols is 1. The summed E-state index contributed by atoms with van der Waals surface area (Å²) in [6, 6.07) is 30.1. The van der Waals surface area contributed by atoms with Gasteiger partial charge in [0.1, 0.15) is 5.75 Å². The van der Waals surface area contributed by atoms with Crippen LogP contribution in [0.5, 0.6) is 5.75 Å². The van der Waals surface area contributed by atoms with E-state index in [4.69, 9.17) is 5.10 Å². The van der Waals surface area contributed by atoms with Gasteiger partial charge in [-0.2, -0.15) is 5.10 Å². The van der Waals surface area contributed by atoms with Gasteiger partial charge in [0.2, 0.25) is 0 Å². The number of fused-ring (bicyclic) bond motifs is 3. The van der Waals surface area contributed by atoms with E-state index in [0.29, 0.717) is 0 Å². The largest absolute Gasteiger partial charge is 0.507 e. The molecule has 0 unspecified atom stereocenters. The number of pyridine rings is 1. The van der Waals surface area contributed by atoms with E-state index < -0.39 is 0 Å². The van der Waals surface area contributed by atoms with E-state index >= 15 is 0 Å². The summed E-state index contributed by atoms with van der Waals surface area (Å²) in [4.78, 5) is 0. The molecule has 0 atom stereocenters. The number of hydrogen-bond donors (Lipinski definition) is 1. The van der Waals surface area contributed by atoms with Crippen molar-refractivity contribution in [2.45, 2.75) is 0 Å². The Hall–Kier alpha value is -3.59. The van der Waals surface area contributed by atoms with Gasteiger partial charge in [-0.15, -0.1) is 0 Å². The lowest BCUT2D eigenvalue weighted by atomic mass is 10.1. The maximum Gasteiger partial charge on any atom is 0.125 e. The molecule has 5 aromatic rings. The van der Waals surface area contributed by atoms with Gasteiger partial charge in [-0.1, -0.05) is 66.7 Å². The molecule has 0 saturated carbocycles. The molecular weight excluding hydrogens is 320 g/mol. The van der Waals surface area contributed by atoms with Gasteiger partial charge in [-0.05, 0) is 29.7 Å². The Labute approximate surface area is 150 Å². The first-order chi connectivity index (χ1) is 12.8. The molecule has 0 saturated heterocycles. The van der Waals surface area contributed by atoms with Crippen LogP contribution in [0.2, 0.25) is 0 Å². The maximum atomic E-state index is 10.2. The highest BCUT2D eigenvalue weighted by Crippen LogP contribution is 2.33. The summed E-state index contributed by atoms with van der Waals surface area (Å²) in [5.41, 5.74) is 4.66. The van der Waals surface area contributed by atoms with Crippen molar-refractivity contribution in [2.24, 2.45) is 0 Å². The maximum absolute atomic E-state index is 10.2. The fourth-order valence-corrected chi connectivity index (χ4v) is 3.46. The van der Waals surface area contributed by atoms with Crippen molar-refractivity contribution in [2.75, 3.05) is 0 Å². The minimum atomic E-state index is 0.237. The molecule has 124 valence electrons. The fourth-order valence-electron chi connectivity index (χ4n) is 3.46. The van der Waals surface area contributed by atoms with Crippen LogP contribution in [0.4, 0.5) is 0 Å². The summed E-state index contributed by atoms with van der Waals surface area (Å²) in [6.07, 6.45) is 0. The van der Waals surface area contributed by atoms with Crippen LogP contribution >= 0.6 is 0 Å². The van der Waals surface area contributed by atoms with Gasteiger partial charge in [0.25, 0.3) is 0 Å². The first kappa shape index (κ1) is 14.7. The Bertz CT molecular complexity index is 1240. The molecule has 5 rings (SSSR count). The molecular formula is C23H16N2O. The minimum Gasteiger partial charge on any atom is -0.507 e. The summed E-state index contributed by atoms with van der Waals surface area (Å²) >= 11 is 0. The first-order valence-corrected chi connectivity index (χ1v) is 8.56. The molecule has 2 heterocycles. The van der Waals surface area contributed by atoms with Gasteiger partial charge in [0.05, 0.1) is 16.9 Å². The SMILES string of the molecule is Oc1ccccc1-c1cc2c3ccccc3cc(-c3ccccc3)n2n1. The van der Waals surface area contributed by atoms with E-state index in [1.54, 1.807) is 6.07 Å². The van der Waals surface area contributed by atoms with Gasteiger partial charge in [0, 0.05) is 16.5 Å². The Morgan fingerprint density at radius 3 is 2.31 bits per heavy atom. The normalized spacial score (nSPS) is 11.2. The monoisotopic (exact) mass is 336 g/mol. The van der Waals surface area contributed by atoms with E-state index in [1.807, 2.05) is 59.1 Å². The number of aromatic hydroxyl groups is 1. The standard InChI is InChI=1S/C23H16N2O/c26-23-13-7-6-12-19(23)20-15-22-18-11-5-4-10-17(18)14-21(25(22)24-20)16-8-2-1-3-9-16/h1-15,26H. The van der Waals surface area contributed by atoms with E-state index in [0.717, 1.165) is 33.4 Å². The van der Waals surface area contributed by atoms with Gasteiger partial charge < -0.3 is 5.11 Å². The van der Waals surface area contributed by atoms with Crippen LogP contribution in [0.3, 0.4) is 0 Å². The van der Waals surface area contributed by atoms with Crippen LogP contribution in [-0.4, -0.2) is 14.7 Å². The van der Waals surface area contributed by atoms with Crippen LogP contribution < -0.4 is 0 Å². The second-order valence-corrected chi connectivity index (χ2v) is 6.33. The first-order valence-electron chi connectivity index (χ1n) is 8.56. The molecule has 0 aliphatic rings. The molecule has 26 heavy (non-hydrogen) atoms. The van der Waals surface area contributed by atoms with Crippen molar-refractivity contribution < 1.29 is 5.11 Å². The van der Waals surface area contributed by atoms with Crippen LogP contribution in [0.25, 0.3) is 38.8 Å². The third-order valence-corrected chi connectivity index (χ3v) is 4.72. The molecule has 0 spiro atoms. The van der Waals surface area contributed by atoms with Crippen molar-refractivity contribution in [1.29, 1.82) is 0 Å². The van der Waals surface area contributed by atoms with Crippen molar-refractivity contribution in [1.82, 2.24) is 9.61 Å². The topological polar surface area (TPSA) is 37.5 Å². The lowest BCUT2D eigenvalue weighted by Gasteiger charge is -2.08. The van der Waals surface area contributed by atoms with Gasteiger partial charge >= 0.3 is 0 Å². The molecule has 1 N–H and O–H groups in total. The van der Waals surface area contributed by atoms with Gasteiger partial charge in [-0.25, -0.2) is 4.52 Å². The quantitative estimate of drug-likeness (QED) is 0.460. The second kappa shape index (κ2) is 5.74. The highest BCUT2D eigenvalue weighted by atomic mass is 16.3. The van der Waals surface area contributed by atoms with E-state index in [-0.39, 0.29) is 5.75 Å². The number of para-hydroxylation sites is 1. The predicted molar refractivity (Wildman–Crippen MR) is 105 cm³/mol. The van der Waals surface area contributed by atoms with Gasteiger partial charge in [0.15, 0.2) is 0 Å².